The molecule has 1 aliphatic rings. The Kier molecular flexibility index (Phi) is 4.61. The maximum Gasteiger partial charge on any atom is 0.0801 e. The fourth-order valence-electron chi connectivity index (χ4n) is 2.12. The SMILES string of the molecule is OC(CCC1CCCO1)c1ccccc1I. The third kappa shape index (κ3) is 3.18. The standard InChI is InChI=1S/C13H17IO2/c14-12-6-2-1-5-11(12)13(15)8-7-10-4-3-9-16-10/h1-2,5-6,10,13,15H,3-4,7-9H2. The summed E-state index contributed by atoms with van der Waals surface area (Å²) in [4.78, 5) is 0. The summed E-state index contributed by atoms with van der Waals surface area (Å²) < 4.78 is 6.70. The molecule has 1 fully saturated rings. The third-order valence-corrected chi connectivity index (χ3v) is 4.03. The average molecular weight is 332 g/mol. The second-order valence-corrected chi connectivity index (χ2v) is 5.41. The molecule has 2 rings (SSSR count). The molecule has 0 aliphatic carbocycles. The molecule has 0 bridgehead atoms. The van der Waals surface area contributed by atoms with E-state index in [1.54, 1.807) is 0 Å². The minimum Gasteiger partial charge on any atom is -0.388 e. The molecule has 0 spiro atoms. The lowest BCUT2D eigenvalue weighted by Crippen LogP contribution is -2.08. The number of benzene rings is 1. The van der Waals surface area contributed by atoms with Crippen molar-refractivity contribution in [2.24, 2.45) is 0 Å². The molecule has 1 saturated heterocycles. The van der Waals surface area contributed by atoms with E-state index in [9.17, 15) is 5.11 Å². The van der Waals surface area contributed by atoms with Gasteiger partial charge in [-0.1, -0.05) is 18.2 Å². The van der Waals surface area contributed by atoms with Crippen molar-refractivity contribution < 1.29 is 9.84 Å². The molecule has 1 aromatic carbocycles. The largest absolute Gasteiger partial charge is 0.388 e. The van der Waals surface area contributed by atoms with Crippen LogP contribution in [0.25, 0.3) is 0 Å². The summed E-state index contributed by atoms with van der Waals surface area (Å²) in [5.74, 6) is 0. The van der Waals surface area contributed by atoms with Crippen LogP contribution in [0.5, 0.6) is 0 Å². The summed E-state index contributed by atoms with van der Waals surface area (Å²) in [5, 5.41) is 10.1. The first-order valence-corrected chi connectivity index (χ1v) is 6.89. The monoisotopic (exact) mass is 332 g/mol. The van der Waals surface area contributed by atoms with Gasteiger partial charge >= 0.3 is 0 Å². The highest BCUT2D eigenvalue weighted by Gasteiger charge is 2.18. The molecule has 0 aromatic heterocycles. The fourth-order valence-corrected chi connectivity index (χ4v) is 2.86. The van der Waals surface area contributed by atoms with Crippen molar-refractivity contribution in [2.45, 2.75) is 37.9 Å². The second-order valence-electron chi connectivity index (χ2n) is 4.25. The highest BCUT2D eigenvalue weighted by Crippen LogP contribution is 2.26. The Morgan fingerprint density at radius 1 is 1.44 bits per heavy atom. The van der Waals surface area contributed by atoms with Gasteiger partial charge in [0.1, 0.15) is 0 Å². The van der Waals surface area contributed by atoms with Crippen molar-refractivity contribution in [3.05, 3.63) is 33.4 Å². The third-order valence-electron chi connectivity index (χ3n) is 3.05. The molecule has 0 saturated carbocycles. The average Bonchev–Trinajstić information content (AvgIpc) is 2.79. The van der Waals surface area contributed by atoms with Gasteiger partial charge in [-0.05, 0) is 59.9 Å². The van der Waals surface area contributed by atoms with Crippen LogP contribution in [0, 0.1) is 3.57 Å². The molecule has 1 heterocycles. The highest BCUT2D eigenvalue weighted by molar-refractivity contribution is 14.1. The molecule has 3 heteroatoms. The van der Waals surface area contributed by atoms with E-state index in [0.29, 0.717) is 6.10 Å². The number of aliphatic hydroxyl groups is 1. The Balaban J connectivity index is 1.87. The normalized spacial score (nSPS) is 22.2. The van der Waals surface area contributed by atoms with Gasteiger partial charge in [-0.3, -0.25) is 0 Å². The maximum absolute atomic E-state index is 10.1. The van der Waals surface area contributed by atoms with Crippen molar-refractivity contribution in [1.29, 1.82) is 0 Å². The fraction of sp³-hybridized carbons (Fsp3) is 0.538. The van der Waals surface area contributed by atoms with E-state index < -0.39 is 0 Å². The van der Waals surface area contributed by atoms with Gasteiger partial charge in [0.15, 0.2) is 0 Å². The van der Waals surface area contributed by atoms with Crippen LogP contribution >= 0.6 is 22.6 Å². The molecule has 2 unspecified atom stereocenters. The molecule has 2 nitrogen and oxygen atoms in total. The van der Waals surface area contributed by atoms with Gasteiger partial charge in [-0.15, -0.1) is 0 Å². The van der Waals surface area contributed by atoms with E-state index >= 15 is 0 Å². The topological polar surface area (TPSA) is 29.5 Å². The first-order valence-electron chi connectivity index (χ1n) is 5.81. The molecule has 16 heavy (non-hydrogen) atoms. The van der Waals surface area contributed by atoms with Crippen LogP contribution in [0.2, 0.25) is 0 Å². The van der Waals surface area contributed by atoms with Crippen molar-refractivity contribution in [1.82, 2.24) is 0 Å². The number of hydrogen-bond donors (Lipinski definition) is 1. The van der Waals surface area contributed by atoms with Crippen molar-refractivity contribution in [2.75, 3.05) is 6.61 Å². The Hall–Kier alpha value is -0.130. The van der Waals surface area contributed by atoms with Gasteiger partial charge < -0.3 is 9.84 Å². The molecule has 0 amide bonds. The van der Waals surface area contributed by atoms with Gasteiger partial charge in [0.25, 0.3) is 0 Å². The van der Waals surface area contributed by atoms with Crippen molar-refractivity contribution in [3.63, 3.8) is 0 Å². The predicted octanol–water partition coefficient (Wildman–Crippen LogP) is 3.28. The summed E-state index contributed by atoms with van der Waals surface area (Å²) in [6.45, 7) is 0.892. The van der Waals surface area contributed by atoms with Crippen LogP contribution in [0.15, 0.2) is 24.3 Å². The number of ether oxygens (including phenoxy) is 1. The maximum atomic E-state index is 10.1. The van der Waals surface area contributed by atoms with E-state index in [2.05, 4.69) is 22.6 Å². The number of aliphatic hydroxyl groups excluding tert-OH is 1. The zero-order chi connectivity index (χ0) is 11.4. The molecule has 0 radical (unpaired) electrons. The van der Waals surface area contributed by atoms with Crippen LogP contribution in [-0.4, -0.2) is 17.8 Å². The number of rotatable bonds is 4. The van der Waals surface area contributed by atoms with E-state index in [0.717, 1.165) is 35.0 Å². The summed E-state index contributed by atoms with van der Waals surface area (Å²) in [5.41, 5.74) is 1.04. The zero-order valence-corrected chi connectivity index (χ0v) is 11.4. The lowest BCUT2D eigenvalue weighted by atomic mass is 10.0. The molecule has 1 aromatic rings. The van der Waals surface area contributed by atoms with Crippen LogP contribution in [0.4, 0.5) is 0 Å². The molecule has 1 aliphatic heterocycles. The minimum absolute atomic E-state index is 0.350. The number of hydrogen-bond acceptors (Lipinski definition) is 2. The summed E-state index contributed by atoms with van der Waals surface area (Å²) >= 11 is 2.27. The first-order chi connectivity index (χ1) is 7.77. The first kappa shape index (κ1) is 12.3. The van der Waals surface area contributed by atoms with Gasteiger partial charge in [0.2, 0.25) is 0 Å². The zero-order valence-electron chi connectivity index (χ0n) is 9.23. The van der Waals surface area contributed by atoms with Gasteiger partial charge in [-0.2, -0.15) is 0 Å². The summed E-state index contributed by atoms with van der Waals surface area (Å²) in [7, 11) is 0. The lowest BCUT2D eigenvalue weighted by molar-refractivity contribution is 0.0810. The van der Waals surface area contributed by atoms with E-state index in [1.807, 2.05) is 24.3 Å². The summed E-state index contributed by atoms with van der Waals surface area (Å²) in [6.07, 6.45) is 4.10. The summed E-state index contributed by atoms with van der Waals surface area (Å²) in [6, 6.07) is 8.01. The van der Waals surface area contributed by atoms with E-state index in [4.69, 9.17) is 4.74 Å². The van der Waals surface area contributed by atoms with Crippen LogP contribution in [0.3, 0.4) is 0 Å². The van der Waals surface area contributed by atoms with Crippen molar-refractivity contribution in [3.8, 4) is 0 Å². The quantitative estimate of drug-likeness (QED) is 0.858. The van der Waals surface area contributed by atoms with E-state index in [-0.39, 0.29) is 6.10 Å². The smallest absolute Gasteiger partial charge is 0.0801 e. The Morgan fingerprint density at radius 3 is 2.94 bits per heavy atom. The second kappa shape index (κ2) is 5.98. The van der Waals surface area contributed by atoms with Crippen LogP contribution in [-0.2, 0) is 4.74 Å². The Bertz CT molecular complexity index is 334. The highest BCUT2D eigenvalue weighted by atomic mass is 127. The predicted molar refractivity (Wildman–Crippen MR) is 72.3 cm³/mol. The number of halogens is 1. The molecular weight excluding hydrogens is 315 g/mol. The van der Waals surface area contributed by atoms with Gasteiger partial charge in [0, 0.05) is 10.2 Å². The molecular formula is C13H17IO2. The lowest BCUT2D eigenvalue weighted by Gasteiger charge is -2.15. The Labute approximate surface area is 110 Å². The van der Waals surface area contributed by atoms with Gasteiger partial charge in [-0.25, -0.2) is 0 Å². The van der Waals surface area contributed by atoms with Gasteiger partial charge in [0.05, 0.1) is 12.2 Å². The van der Waals surface area contributed by atoms with Crippen LogP contribution < -0.4 is 0 Å². The minimum atomic E-state index is -0.350. The van der Waals surface area contributed by atoms with Crippen molar-refractivity contribution >= 4 is 22.6 Å². The molecule has 2 atom stereocenters. The Morgan fingerprint density at radius 2 is 2.25 bits per heavy atom. The van der Waals surface area contributed by atoms with E-state index in [1.165, 1.54) is 6.42 Å². The van der Waals surface area contributed by atoms with Crippen LogP contribution in [0.1, 0.15) is 37.4 Å². The molecule has 1 N–H and O–H groups in total. The molecule has 88 valence electrons.